The fourth-order valence-corrected chi connectivity index (χ4v) is 4.94. The second-order valence-corrected chi connectivity index (χ2v) is 9.79. The normalized spacial score (nSPS) is 16.2. The molecule has 27 heavy (non-hydrogen) atoms. The van der Waals surface area contributed by atoms with Crippen LogP contribution in [0.4, 0.5) is 5.82 Å². The van der Waals surface area contributed by atoms with Crippen molar-refractivity contribution in [1.82, 2.24) is 14.3 Å². The third kappa shape index (κ3) is 4.98. The minimum atomic E-state index is -3.48. The van der Waals surface area contributed by atoms with Crippen LogP contribution < -0.4 is 5.32 Å². The highest BCUT2D eigenvalue weighted by atomic mass is 35.5. The number of carbonyl (C=O) groups is 1. The summed E-state index contributed by atoms with van der Waals surface area (Å²) in [4.78, 5) is 20.7. The maximum Gasteiger partial charge on any atom is 0.244 e. The quantitative estimate of drug-likeness (QED) is 0.713. The molecule has 1 N–H and O–H groups in total. The molecule has 0 radical (unpaired) electrons. The first-order valence-electron chi connectivity index (χ1n) is 8.41. The molecule has 7 nitrogen and oxygen atoms in total. The number of rotatable bonds is 6. The molecule has 2 aromatic rings. The van der Waals surface area contributed by atoms with Crippen LogP contribution in [0, 0.1) is 0 Å². The number of aromatic nitrogens is 2. The number of halogens is 1. The lowest BCUT2D eigenvalue weighted by atomic mass is 10.4. The van der Waals surface area contributed by atoms with Crippen LogP contribution >= 0.6 is 23.4 Å². The van der Waals surface area contributed by atoms with Gasteiger partial charge in [-0.2, -0.15) is 4.31 Å². The summed E-state index contributed by atoms with van der Waals surface area (Å²) in [6.07, 6.45) is 4.57. The first-order valence-corrected chi connectivity index (χ1v) is 11.1. The van der Waals surface area contributed by atoms with Crippen LogP contribution in [0.25, 0.3) is 0 Å². The summed E-state index contributed by atoms with van der Waals surface area (Å²) in [5, 5.41) is 3.33. The van der Waals surface area contributed by atoms with E-state index in [1.54, 1.807) is 25.1 Å². The van der Waals surface area contributed by atoms with E-state index in [0.717, 1.165) is 12.8 Å². The molecular weight excluding hydrogens is 408 g/mol. The van der Waals surface area contributed by atoms with E-state index in [0.29, 0.717) is 29.0 Å². The Bertz CT molecular complexity index is 899. The van der Waals surface area contributed by atoms with Gasteiger partial charge in [0.2, 0.25) is 15.9 Å². The van der Waals surface area contributed by atoms with Gasteiger partial charge in [0, 0.05) is 25.5 Å². The summed E-state index contributed by atoms with van der Waals surface area (Å²) in [7, 11) is -3.48. The molecule has 0 aromatic carbocycles. The molecule has 3 rings (SSSR count). The topological polar surface area (TPSA) is 92.3 Å². The summed E-state index contributed by atoms with van der Waals surface area (Å²) in [6, 6.07) is 6.42. The van der Waals surface area contributed by atoms with Crippen LogP contribution in [0.3, 0.4) is 0 Å². The summed E-state index contributed by atoms with van der Waals surface area (Å²) in [5.41, 5.74) is 0. The molecule has 144 valence electrons. The number of nitrogens with zero attached hydrogens (tertiary/aromatic N) is 3. The van der Waals surface area contributed by atoms with E-state index < -0.39 is 15.3 Å². The lowest BCUT2D eigenvalue weighted by molar-refractivity contribution is -0.115. The van der Waals surface area contributed by atoms with Gasteiger partial charge in [-0.3, -0.25) is 4.79 Å². The zero-order chi connectivity index (χ0) is 19.4. The summed E-state index contributed by atoms with van der Waals surface area (Å²) in [6.45, 7) is 2.84. The van der Waals surface area contributed by atoms with Crippen molar-refractivity contribution in [1.29, 1.82) is 0 Å². The average Bonchev–Trinajstić information content (AvgIpc) is 3.19. The number of nitrogens with one attached hydrogen (secondary N) is 1. The van der Waals surface area contributed by atoms with E-state index in [2.05, 4.69) is 15.3 Å². The summed E-state index contributed by atoms with van der Waals surface area (Å²) >= 11 is 7.01. The van der Waals surface area contributed by atoms with Crippen molar-refractivity contribution >= 4 is 45.1 Å². The fraction of sp³-hybridized carbons (Fsp3) is 0.353. The maximum absolute atomic E-state index is 12.5. The molecule has 3 heterocycles. The smallest absolute Gasteiger partial charge is 0.244 e. The van der Waals surface area contributed by atoms with E-state index in [4.69, 9.17) is 11.6 Å². The van der Waals surface area contributed by atoms with E-state index in [-0.39, 0.29) is 10.8 Å². The van der Waals surface area contributed by atoms with Gasteiger partial charge < -0.3 is 5.32 Å². The van der Waals surface area contributed by atoms with Gasteiger partial charge in [-0.15, -0.1) is 0 Å². The van der Waals surface area contributed by atoms with Gasteiger partial charge in [0.1, 0.15) is 10.7 Å². The van der Waals surface area contributed by atoms with Crippen LogP contribution in [0.1, 0.15) is 19.8 Å². The molecular formula is C17H19ClN4O3S2. The maximum atomic E-state index is 12.5. The Balaban J connectivity index is 1.61. The highest BCUT2D eigenvalue weighted by Crippen LogP contribution is 2.25. The molecule has 1 fully saturated rings. The number of anilines is 1. The number of hydrogen-bond acceptors (Lipinski definition) is 6. The lowest BCUT2D eigenvalue weighted by Gasteiger charge is -2.15. The highest BCUT2D eigenvalue weighted by molar-refractivity contribution is 8.00. The van der Waals surface area contributed by atoms with Gasteiger partial charge in [0.05, 0.1) is 15.3 Å². The second-order valence-electron chi connectivity index (χ2n) is 6.05. The van der Waals surface area contributed by atoms with Crippen molar-refractivity contribution in [2.75, 3.05) is 18.4 Å². The van der Waals surface area contributed by atoms with Crippen LogP contribution in [0.2, 0.25) is 5.02 Å². The van der Waals surface area contributed by atoms with Gasteiger partial charge in [0.15, 0.2) is 0 Å². The molecule has 0 bridgehead atoms. The SMILES string of the molecule is C[C@@H](Sc1ccc(S(=O)(=O)N2CCCC2)cn1)C(=O)Nc1ccc(Cl)cn1. The van der Waals surface area contributed by atoms with Crippen molar-refractivity contribution < 1.29 is 13.2 Å². The Labute approximate surface area is 167 Å². The van der Waals surface area contributed by atoms with Crippen molar-refractivity contribution in [2.24, 2.45) is 0 Å². The van der Waals surface area contributed by atoms with Gasteiger partial charge >= 0.3 is 0 Å². The lowest BCUT2D eigenvalue weighted by Crippen LogP contribution is -2.28. The zero-order valence-corrected chi connectivity index (χ0v) is 17.0. The minimum Gasteiger partial charge on any atom is -0.310 e. The molecule has 1 amide bonds. The minimum absolute atomic E-state index is 0.177. The Morgan fingerprint density at radius 1 is 1.19 bits per heavy atom. The van der Waals surface area contributed by atoms with E-state index in [1.807, 2.05) is 0 Å². The van der Waals surface area contributed by atoms with Crippen LogP contribution in [-0.2, 0) is 14.8 Å². The highest BCUT2D eigenvalue weighted by Gasteiger charge is 2.27. The second kappa shape index (κ2) is 8.55. The number of hydrogen-bond donors (Lipinski definition) is 1. The van der Waals surface area contributed by atoms with Crippen molar-refractivity contribution in [3.8, 4) is 0 Å². The Hall–Kier alpha value is -1.68. The first kappa shape index (κ1) is 20.1. The summed E-state index contributed by atoms with van der Waals surface area (Å²) in [5.74, 6) is 0.183. The van der Waals surface area contributed by atoms with Gasteiger partial charge in [-0.25, -0.2) is 18.4 Å². The monoisotopic (exact) mass is 426 g/mol. The zero-order valence-electron chi connectivity index (χ0n) is 14.6. The Morgan fingerprint density at radius 2 is 1.93 bits per heavy atom. The third-order valence-corrected chi connectivity index (χ3v) is 7.21. The molecule has 1 saturated heterocycles. The largest absolute Gasteiger partial charge is 0.310 e. The fourth-order valence-electron chi connectivity index (χ4n) is 2.58. The first-order chi connectivity index (χ1) is 12.9. The molecule has 10 heteroatoms. The molecule has 0 saturated carbocycles. The third-order valence-electron chi connectivity index (χ3n) is 4.06. The molecule has 0 aliphatic carbocycles. The number of amides is 1. The summed E-state index contributed by atoms with van der Waals surface area (Å²) < 4.78 is 26.5. The van der Waals surface area contributed by atoms with E-state index in [9.17, 15) is 13.2 Å². The molecule has 1 aliphatic heterocycles. The van der Waals surface area contributed by atoms with Gasteiger partial charge in [-0.05, 0) is 44.0 Å². The standard InChI is InChI=1S/C17H19ClN4O3S2/c1-12(17(23)21-15-6-4-13(18)10-19-15)26-16-7-5-14(11-20-16)27(24,25)22-8-2-3-9-22/h4-7,10-12H,2-3,8-9H2,1H3,(H,19,21,23)/t12-/m1/s1. The molecule has 1 atom stereocenters. The predicted molar refractivity (Wildman–Crippen MR) is 105 cm³/mol. The number of thioether (sulfide) groups is 1. The van der Waals surface area contributed by atoms with Gasteiger partial charge in [0.25, 0.3) is 0 Å². The van der Waals surface area contributed by atoms with E-state index in [1.165, 1.54) is 34.5 Å². The van der Waals surface area contributed by atoms with Crippen molar-refractivity contribution in [2.45, 2.75) is 34.9 Å². The average molecular weight is 427 g/mol. The Kier molecular flexibility index (Phi) is 6.36. The van der Waals surface area contributed by atoms with Crippen LogP contribution in [0.15, 0.2) is 46.6 Å². The van der Waals surface area contributed by atoms with Crippen molar-refractivity contribution in [3.05, 3.63) is 41.7 Å². The predicted octanol–water partition coefficient (Wildman–Crippen LogP) is 3.03. The number of pyridine rings is 2. The van der Waals surface area contributed by atoms with Crippen molar-refractivity contribution in [3.63, 3.8) is 0 Å². The van der Waals surface area contributed by atoms with E-state index >= 15 is 0 Å². The molecule has 0 unspecified atom stereocenters. The Morgan fingerprint density at radius 3 is 2.52 bits per heavy atom. The molecule has 1 aliphatic rings. The number of carbonyl (C=O) groups excluding carboxylic acids is 1. The number of sulfonamides is 1. The van der Waals surface area contributed by atoms with Crippen LogP contribution in [0.5, 0.6) is 0 Å². The molecule has 0 spiro atoms. The van der Waals surface area contributed by atoms with Gasteiger partial charge in [-0.1, -0.05) is 23.4 Å². The van der Waals surface area contributed by atoms with Crippen LogP contribution in [-0.4, -0.2) is 46.9 Å². The molecule has 2 aromatic heterocycles.